The number of benzene rings is 1. The summed E-state index contributed by atoms with van der Waals surface area (Å²) in [6, 6.07) is 5.21. The maximum atomic E-state index is 12.4. The van der Waals surface area contributed by atoms with Gasteiger partial charge >= 0.3 is 0 Å². The number of tetrazole rings is 1. The maximum Gasteiger partial charge on any atom is 0.275 e. The Bertz CT molecular complexity index is 950. The summed E-state index contributed by atoms with van der Waals surface area (Å²) in [4.78, 5) is 16.7. The summed E-state index contributed by atoms with van der Waals surface area (Å²) in [5.74, 6) is 0.883. The van der Waals surface area contributed by atoms with Gasteiger partial charge in [-0.25, -0.2) is 4.98 Å². The van der Waals surface area contributed by atoms with Crippen LogP contribution in [0.15, 0.2) is 23.6 Å². The highest BCUT2D eigenvalue weighted by Crippen LogP contribution is 2.40. The second-order valence-electron chi connectivity index (χ2n) is 6.01. The van der Waals surface area contributed by atoms with Gasteiger partial charge in [0.15, 0.2) is 5.82 Å². The van der Waals surface area contributed by atoms with Gasteiger partial charge in [-0.15, -0.1) is 16.4 Å². The third kappa shape index (κ3) is 3.46. The molecule has 2 heterocycles. The molecule has 0 bridgehead atoms. The number of hydrogen-bond acceptors (Lipinski definition) is 7. The molecule has 0 spiro atoms. The zero-order chi connectivity index (χ0) is 18.1. The predicted octanol–water partition coefficient (Wildman–Crippen LogP) is 2.40. The monoisotopic (exact) mass is 389 g/mol. The van der Waals surface area contributed by atoms with Crippen molar-refractivity contribution in [3.8, 4) is 5.69 Å². The summed E-state index contributed by atoms with van der Waals surface area (Å²) in [5, 5.41) is 17.8. The van der Waals surface area contributed by atoms with Crippen LogP contribution >= 0.6 is 22.9 Å². The quantitative estimate of drug-likeness (QED) is 0.669. The maximum absolute atomic E-state index is 12.4. The Labute approximate surface area is 158 Å². The van der Waals surface area contributed by atoms with Gasteiger partial charge in [-0.05, 0) is 48.0 Å². The number of carbonyl (C=O) groups excluding carboxylic acids is 1. The molecule has 1 saturated carbocycles. The summed E-state index contributed by atoms with van der Waals surface area (Å²) in [5.41, 5.74) is 7.13. The van der Waals surface area contributed by atoms with Crippen molar-refractivity contribution in [2.45, 2.75) is 25.2 Å². The highest BCUT2D eigenvalue weighted by atomic mass is 35.5. The molecule has 0 unspecified atom stereocenters. The molecule has 0 radical (unpaired) electrons. The van der Waals surface area contributed by atoms with Crippen LogP contribution in [0.4, 0.5) is 5.69 Å². The van der Waals surface area contributed by atoms with Gasteiger partial charge in [-0.2, -0.15) is 4.68 Å². The van der Waals surface area contributed by atoms with E-state index in [-0.39, 0.29) is 5.91 Å². The summed E-state index contributed by atoms with van der Waals surface area (Å²) >= 11 is 7.75. The van der Waals surface area contributed by atoms with Crippen LogP contribution in [-0.4, -0.2) is 37.6 Å². The number of amides is 1. The number of aromatic nitrogens is 5. The van der Waals surface area contributed by atoms with Crippen LogP contribution in [0.3, 0.4) is 0 Å². The van der Waals surface area contributed by atoms with E-state index in [1.165, 1.54) is 11.3 Å². The van der Waals surface area contributed by atoms with E-state index in [0.717, 1.165) is 23.7 Å². The van der Waals surface area contributed by atoms with Crippen molar-refractivity contribution in [3.63, 3.8) is 0 Å². The van der Waals surface area contributed by atoms with Crippen molar-refractivity contribution in [2.75, 3.05) is 11.9 Å². The number of thiazole rings is 1. The van der Waals surface area contributed by atoms with Crippen molar-refractivity contribution in [1.82, 2.24) is 25.2 Å². The van der Waals surface area contributed by atoms with E-state index in [4.69, 9.17) is 17.3 Å². The van der Waals surface area contributed by atoms with Gasteiger partial charge in [0.1, 0.15) is 5.69 Å². The number of hydrogen-bond donors (Lipinski definition) is 2. The Kier molecular flexibility index (Phi) is 4.66. The molecule has 2 aromatic heterocycles. The van der Waals surface area contributed by atoms with Gasteiger partial charge in [0, 0.05) is 23.4 Å². The standard InChI is InChI=1S/C16H16ClN7OS/c17-11-4-3-10(19-16(25)12-8-26-14(20-12)5-6-18)7-13(11)24-15(9-1-2-9)21-22-23-24/h3-4,7-9H,1-2,5-6,18H2,(H,19,25). The summed E-state index contributed by atoms with van der Waals surface area (Å²) in [6.45, 7) is 0.504. The van der Waals surface area contributed by atoms with Crippen molar-refractivity contribution in [3.05, 3.63) is 45.1 Å². The topological polar surface area (TPSA) is 112 Å². The number of nitrogens with one attached hydrogen (secondary N) is 1. The van der Waals surface area contributed by atoms with Gasteiger partial charge < -0.3 is 11.1 Å². The summed E-state index contributed by atoms with van der Waals surface area (Å²) < 4.78 is 1.64. The summed E-state index contributed by atoms with van der Waals surface area (Å²) in [7, 11) is 0. The van der Waals surface area contributed by atoms with Gasteiger partial charge in [0.2, 0.25) is 0 Å². The SMILES string of the molecule is NCCc1nc(C(=O)Nc2ccc(Cl)c(-n3nnnc3C3CC3)c2)cs1. The lowest BCUT2D eigenvalue weighted by Gasteiger charge is -2.09. The van der Waals surface area contributed by atoms with Gasteiger partial charge in [0.25, 0.3) is 5.91 Å². The molecule has 0 aliphatic heterocycles. The zero-order valence-corrected chi connectivity index (χ0v) is 15.3. The number of nitrogens with zero attached hydrogens (tertiary/aromatic N) is 5. The number of carbonyl (C=O) groups is 1. The second kappa shape index (κ2) is 7.10. The minimum Gasteiger partial charge on any atom is -0.330 e. The van der Waals surface area contributed by atoms with Gasteiger partial charge in [0.05, 0.1) is 15.7 Å². The molecular weight excluding hydrogens is 374 g/mol. The fourth-order valence-corrected chi connectivity index (χ4v) is 3.55. The average Bonchev–Trinajstić information content (AvgIpc) is 3.17. The number of nitrogens with two attached hydrogens (primary N) is 1. The molecule has 0 saturated heterocycles. The molecule has 134 valence electrons. The van der Waals surface area contributed by atoms with E-state index >= 15 is 0 Å². The third-order valence-electron chi connectivity index (χ3n) is 4.01. The molecule has 1 aliphatic rings. The fraction of sp³-hybridized carbons (Fsp3) is 0.312. The van der Waals surface area contributed by atoms with Crippen molar-refractivity contribution >= 4 is 34.5 Å². The molecule has 4 rings (SSSR count). The Morgan fingerprint density at radius 3 is 3.04 bits per heavy atom. The smallest absolute Gasteiger partial charge is 0.275 e. The van der Waals surface area contributed by atoms with Crippen LogP contribution < -0.4 is 11.1 Å². The lowest BCUT2D eigenvalue weighted by atomic mass is 10.2. The van der Waals surface area contributed by atoms with Gasteiger partial charge in [-0.3, -0.25) is 4.79 Å². The number of halogens is 1. The molecule has 8 nitrogen and oxygen atoms in total. The lowest BCUT2D eigenvalue weighted by molar-refractivity contribution is 0.102. The van der Waals surface area contributed by atoms with Crippen LogP contribution in [0.5, 0.6) is 0 Å². The molecule has 1 amide bonds. The first-order chi connectivity index (χ1) is 12.7. The normalized spacial score (nSPS) is 13.8. The van der Waals surface area contributed by atoms with E-state index in [1.54, 1.807) is 28.3 Å². The van der Waals surface area contributed by atoms with E-state index in [0.29, 0.717) is 41.0 Å². The molecular formula is C16H16ClN7OS. The first-order valence-corrected chi connectivity index (χ1v) is 9.45. The van der Waals surface area contributed by atoms with Crippen molar-refractivity contribution in [1.29, 1.82) is 0 Å². The highest BCUT2D eigenvalue weighted by Gasteiger charge is 2.30. The molecule has 1 aromatic carbocycles. The molecule has 26 heavy (non-hydrogen) atoms. The molecule has 10 heteroatoms. The molecule has 1 fully saturated rings. The van der Waals surface area contributed by atoms with Gasteiger partial charge in [-0.1, -0.05) is 11.6 Å². The Balaban J connectivity index is 1.57. The largest absolute Gasteiger partial charge is 0.330 e. The van der Waals surface area contributed by atoms with E-state index in [2.05, 4.69) is 25.8 Å². The van der Waals surface area contributed by atoms with Crippen LogP contribution in [0.2, 0.25) is 5.02 Å². The van der Waals surface area contributed by atoms with Crippen molar-refractivity contribution in [2.24, 2.45) is 5.73 Å². The average molecular weight is 390 g/mol. The van der Waals surface area contributed by atoms with Crippen LogP contribution in [0, 0.1) is 0 Å². The van der Waals surface area contributed by atoms with Crippen LogP contribution in [-0.2, 0) is 6.42 Å². The number of anilines is 1. The Hall–Kier alpha value is -2.36. The van der Waals surface area contributed by atoms with E-state index in [1.807, 2.05) is 0 Å². The third-order valence-corrected chi connectivity index (χ3v) is 5.24. The first kappa shape index (κ1) is 17.1. The Morgan fingerprint density at radius 2 is 2.27 bits per heavy atom. The second-order valence-corrected chi connectivity index (χ2v) is 7.36. The fourth-order valence-electron chi connectivity index (χ4n) is 2.56. The molecule has 3 N–H and O–H groups in total. The molecule has 0 atom stereocenters. The van der Waals surface area contributed by atoms with Crippen LogP contribution in [0.25, 0.3) is 5.69 Å². The minimum absolute atomic E-state index is 0.281. The van der Waals surface area contributed by atoms with Crippen molar-refractivity contribution < 1.29 is 4.79 Å². The number of rotatable bonds is 6. The molecule has 3 aromatic rings. The van der Waals surface area contributed by atoms with E-state index in [9.17, 15) is 4.79 Å². The minimum atomic E-state index is -0.281. The summed E-state index contributed by atoms with van der Waals surface area (Å²) in [6.07, 6.45) is 2.80. The zero-order valence-electron chi connectivity index (χ0n) is 13.7. The Morgan fingerprint density at radius 1 is 1.42 bits per heavy atom. The van der Waals surface area contributed by atoms with Crippen LogP contribution in [0.1, 0.15) is 40.1 Å². The lowest BCUT2D eigenvalue weighted by Crippen LogP contribution is -2.13. The predicted molar refractivity (Wildman–Crippen MR) is 99.0 cm³/mol. The van der Waals surface area contributed by atoms with E-state index < -0.39 is 0 Å². The highest BCUT2D eigenvalue weighted by molar-refractivity contribution is 7.09. The molecule has 1 aliphatic carbocycles. The first-order valence-electron chi connectivity index (χ1n) is 8.19.